The molecule has 0 spiro atoms. The number of nitrogens with zero attached hydrogens (tertiary/aromatic N) is 1. The van der Waals surface area contributed by atoms with Gasteiger partial charge in [0, 0.05) is 31.3 Å². The molecular weight excluding hydrogens is 563 g/mol. The van der Waals surface area contributed by atoms with Gasteiger partial charge in [-0.15, -0.1) is 11.3 Å². The quantitative estimate of drug-likeness (QED) is 0.141. The summed E-state index contributed by atoms with van der Waals surface area (Å²) in [5, 5.41) is 8.08. The fraction of sp³-hybridized carbons (Fsp3) is 0.140. The number of fused-ring (bicyclic) bond motifs is 4. The first-order valence-electron chi connectivity index (χ1n) is 16.0. The molecule has 6 aromatic carbocycles. The van der Waals surface area contributed by atoms with Gasteiger partial charge in [-0.2, -0.15) is 0 Å². The van der Waals surface area contributed by atoms with Crippen LogP contribution in [0.5, 0.6) is 0 Å². The van der Waals surface area contributed by atoms with Gasteiger partial charge in [-0.25, -0.2) is 4.99 Å². The lowest BCUT2D eigenvalue weighted by atomic mass is 9.87. The lowest BCUT2D eigenvalue weighted by Gasteiger charge is -2.21. The van der Waals surface area contributed by atoms with Crippen molar-refractivity contribution in [2.24, 2.45) is 4.99 Å². The number of hydrogen-bond acceptors (Lipinski definition) is 2. The molecule has 0 saturated heterocycles. The lowest BCUT2D eigenvalue weighted by molar-refractivity contribution is 1.09. The molecule has 1 aromatic heterocycles. The fourth-order valence-corrected chi connectivity index (χ4v) is 8.36. The molecule has 1 aliphatic carbocycles. The van der Waals surface area contributed by atoms with E-state index in [1.165, 1.54) is 80.7 Å². The van der Waals surface area contributed by atoms with E-state index in [-0.39, 0.29) is 0 Å². The summed E-state index contributed by atoms with van der Waals surface area (Å²) in [5.41, 5.74) is 11.1. The SMILES string of the molecule is CCC(C)=C(N=C1/C(=C(\C)c2ccccc2)C/C=C/Cc2ccccc21)c1ccc2c3ccccc3c3cccc4sc1c2c43. The highest BCUT2D eigenvalue weighted by Crippen LogP contribution is 2.48. The van der Waals surface area contributed by atoms with Crippen LogP contribution in [0.3, 0.4) is 0 Å². The van der Waals surface area contributed by atoms with Gasteiger partial charge >= 0.3 is 0 Å². The van der Waals surface area contributed by atoms with Gasteiger partial charge in [-0.05, 0) is 88.6 Å². The van der Waals surface area contributed by atoms with E-state index in [1.807, 2.05) is 11.3 Å². The maximum atomic E-state index is 5.79. The molecule has 0 amide bonds. The smallest absolute Gasteiger partial charge is 0.0750 e. The van der Waals surface area contributed by atoms with Crippen molar-refractivity contribution in [3.05, 3.63) is 155 Å². The molecule has 218 valence electrons. The largest absolute Gasteiger partial charge is 0.247 e. The van der Waals surface area contributed by atoms with Gasteiger partial charge in [0.1, 0.15) is 0 Å². The van der Waals surface area contributed by atoms with Gasteiger partial charge in [0.15, 0.2) is 0 Å². The monoisotopic (exact) mass is 597 g/mol. The summed E-state index contributed by atoms with van der Waals surface area (Å²) in [7, 11) is 0. The van der Waals surface area contributed by atoms with Crippen LogP contribution in [0.4, 0.5) is 0 Å². The van der Waals surface area contributed by atoms with E-state index in [4.69, 9.17) is 4.99 Å². The summed E-state index contributed by atoms with van der Waals surface area (Å²) in [6, 6.07) is 40.0. The predicted octanol–water partition coefficient (Wildman–Crippen LogP) is 12.4. The third kappa shape index (κ3) is 4.55. The molecule has 1 nitrogen and oxygen atoms in total. The molecule has 0 bridgehead atoms. The highest BCUT2D eigenvalue weighted by Gasteiger charge is 2.23. The van der Waals surface area contributed by atoms with Crippen molar-refractivity contribution in [2.45, 2.75) is 40.0 Å². The maximum Gasteiger partial charge on any atom is 0.0750 e. The Kier molecular flexibility index (Phi) is 6.96. The molecule has 8 rings (SSSR count). The fourth-order valence-electron chi connectivity index (χ4n) is 7.09. The van der Waals surface area contributed by atoms with E-state index < -0.39 is 0 Å². The van der Waals surface area contributed by atoms with E-state index in [1.54, 1.807) is 0 Å². The van der Waals surface area contributed by atoms with Crippen molar-refractivity contribution in [1.29, 1.82) is 0 Å². The minimum absolute atomic E-state index is 0.851. The predicted molar refractivity (Wildman–Crippen MR) is 198 cm³/mol. The van der Waals surface area contributed by atoms with E-state index in [0.29, 0.717) is 0 Å². The Bertz CT molecular complexity index is 2360. The number of rotatable bonds is 4. The molecule has 1 heterocycles. The maximum absolute atomic E-state index is 5.79. The van der Waals surface area contributed by atoms with Gasteiger partial charge in [-0.3, -0.25) is 0 Å². The lowest BCUT2D eigenvalue weighted by Crippen LogP contribution is -2.12. The molecule has 45 heavy (non-hydrogen) atoms. The van der Waals surface area contributed by atoms with Gasteiger partial charge in [-0.1, -0.05) is 122 Å². The van der Waals surface area contributed by atoms with E-state index in [2.05, 4.69) is 142 Å². The van der Waals surface area contributed by atoms with Crippen LogP contribution in [-0.2, 0) is 6.42 Å². The van der Waals surface area contributed by atoms with Crippen LogP contribution < -0.4 is 0 Å². The van der Waals surface area contributed by atoms with Gasteiger partial charge in [0.2, 0.25) is 0 Å². The molecule has 0 aliphatic heterocycles. The molecule has 0 unspecified atom stereocenters. The zero-order chi connectivity index (χ0) is 30.5. The third-order valence-electron chi connectivity index (χ3n) is 9.61. The highest BCUT2D eigenvalue weighted by atomic mass is 32.1. The van der Waals surface area contributed by atoms with Crippen molar-refractivity contribution in [3.8, 4) is 0 Å². The number of benzene rings is 6. The van der Waals surface area contributed by atoms with Crippen LogP contribution in [0, 0.1) is 0 Å². The number of thiophene rings is 1. The second kappa shape index (κ2) is 11.3. The van der Waals surface area contributed by atoms with Gasteiger partial charge < -0.3 is 0 Å². The number of hydrogen-bond donors (Lipinski definition) is 0. The second-order valence-electron chi connectivity index (χ2n) is 12.1. The summed E-state index contributed by atoms with van der Waals surface area (Å²) < 4.78 is 2.68. The van der Waals surface area contributed by atoms with E-state index >= 15 is 0 Å². The highest BCUT2D eigenvalue weighted by molar-refractivity contribution is 7.26. The van der Waals surface area contributed by atoms with Gasteiger partial charge in [0.05, 0.1) is 11.4 Å². The second-order valence-corrected chi connectivity index (χ2v) is 13.2. The van der Waals surface area contributed by atoms with Crippen LogP contribution in [0.25, 0.3) is 53.0 Å². The first-order valence-corrected chi connectivity index (χ1v) is 16.8. The first kappa shape index (κ1) is 27.7. The summed E-state index contributed by atoms with van der Waals surface area (Å²) in [6.07, 6.45) is 7.34. The first-order chi connectivity index (χ1) is 22.1. The van der Waals surface area contributed by atoms with Crippen molar-refractivity contribution < 1.29 is 0 Å². The third-order valence-corrected chi connectivity index (χ3v) is 10.8. The Morgan fingerprint density at radius 3 is 2.16 bits per heavy atom. The molecule has 0 saturated carbocycles. The summed E-state index contributed by atoms with van der Waals surface area (Å²) in [4.78, 5) is 5.79. The molecular formula is C43H35NS. The Balaban J connectivity index is 1.45. The molecule has 1 aliphatic rings. The van der Waals surface area contributed by atoms with Crippen LogP contribution in [0.15, 0.2) is 137 Å². The number of aliphatic imine (C=N–C) groups is 1. The van der Waals surface area contributed by atoms with E-state index in [0.717, 1.165) is 30.7 Å². The molecule has 0 fully saturated rings. The minimum atomic E-state index is 0.851. The Morgan fingerprint density at radius 1 is 0.667 bits per heavy atom. The number of allylic oxidation sites excluding steroid dienone is 5. The standard InChI is InChI=1S/C43H35NS/c1-4-27(2)41(37-26-25-36-34-22-13-12-21-33(34)35-23-14-24-38-39(35)40(36)43(37)45-38)44-42-31(28(3)29-15-6-5-7-16-29)19-10-8-17-30-18-9-11-20-32(30)42/h5-16,18,20-26H,4,17,19H2,1-3H3/b10-8+,31-28+,41-27?,44-42?. The van der Waals surface area contributed by atoms with Crippen LogP contribution in [0.1, 0.15) is 55.9 Å². The Hall–Kier alpha value is -4.79. The van der Waals surface area contributed by atoms with Crippen LogP contribution in [-0.4, -0.2) is 5.71 Å². The molecule has 7 aromatic rings. The zero-order valence-electron chi connectivity index (χ0n) is 26.0. The average Bonchev–Trinajstić information content (AvgIpc) is 3.48. The molecule has 0 atom stereocenters. The topological polar surface area (TPSA) is 12.4 Å². The van der Waals surface area contributed by atoms with Crippen molar-refractivity contribution in [2.75, 3.05) is 0 Å². The Labute approximate surface area is 268 Å². The summed E-state index contributed by atoms with van der Waals surface area (Å²) in [5.74, 6) is 0. The average molecular weight is 598 g/mol. The van der Waals surface area contributed by atoms with E-state index in [9.17, 15) is 0 Å². The molecule has 0 radical (unpaired) electrons. The summed E-state index contributed by atoms with van der Waals surface area (Å²) >= 11 is 1.92. The van der Waals surface area contributed by atoms with Gasteiger partial charge in [0.25, 0.3) is 0 Å². The zero-order valence-corrected chi connectivity index (χ0v) is 26.8. The van der Waals surface area contributed by atoms with Crippen LogP contribution >= 0.6 is 11.3 Å². The van der Waals surface area contributed by atoms with Crippen LogP contribution in [0.2, 0.25) is 0 Å². The Morgan fingerprint density at radius 2 is 1.36 bits per heavy atom. The normalized spacial score (nSPS) is 17.1. The van der Waals surface area contributed by atoms with Crippen molar-refractivity contribution in [3.63, 3.8) is 0 Å². The molecule has 2 heteroatoms. The van der Waals surface area contributed by atoms with Crippen molar-refractivity contribution in [1.82, 2.24) is 0 Å². The summed E-state index contributed by atoms with van der Waals surface area (Å²) in [6.45, 7) is 6.78. The van der Waals surface area contributed by atoms with Crippen molar-refractivity contribution >= 4 is 70.0 Å². The molecule has 0 N–H and O–H groups in total. The minimum Gasteiger partial charge on any atom is -0.247 e.